The molecule has 0 aliphatic carbocycles. The summed E-state index contributed by atoms with van der Waals surface area (Å²) < 4.78 is 0. The summed E-state index contributed by atoms with van der Waals surface area (Å²) in [5.74, 6) is -2.48. The minimum atomic E-state index is -2.10. The molecule has 0 amide bonds. The molecule has 4 N–H and O–H groups in total. The Bertz CT molecular complexity index is 282. The summed E-state index contributed by atoms with van der Waals surface area (Å²) in [5.41, 5.74) is -0.125. The quantitative estimate of drug-likeness (QED) is 0.390. The van der Waals surface area contributed by atoms with E-state index >= 15 is 0 Å². The lowest BCUT2D eigenvalue weighted by Gasteiger charge is -2.23. The zero-order valence-corrected chi connectivity index (χ0v) is 7.53. The Kier molecular flexibility index (Phi) is 3.95. The van der Waals surface area contributed by atoms with Crippen molar-refractivity contribution in [2.24, 2.45) is 0 Å². The Hall–Kier alpha value is -1.71. The average Bonchev–Trinajstić information content (AvgIpc) is 1.99. The van der Waals surface area contributed by atoms with E-state index in [-0.39, 0.29) is 0 Å². The second-order valence-electron chi connectivity index (χ2n) is 2.87. The molecule has 0 aromatic carbocycles. The first-order valence-electron chi connectivity index (χ1n) is 3.72. The van der Waals surface area contributed by atoms with Crippen LogP contribution in [0.15, 0.2) is 30.4 Å². The van der Waals surface area contributed by atoms with Crippen molar-refractivity contribution in [3.8, 4) is 0 Å². The third kappa shape index (κ3) is 3.35. The van der Waals surface area contributed by atoms with Crippen molar-refractivity contribution in [3.05, 3.63) is 30.4 Å². The van der Waals surface area contributed by atoms with Crippen LogP contribution >= 0.6 is 0 Å². The van der Waals surface area contributed by atoms with Crippen molar-refractivity contribution in [2.45, 2.75) is 18.4 Å². The normalized spacial score (nSPS) is 13.8. The molecule has 0 rings (SSSR count). The summed E-state index contributed by atoms with van der Waals surface area (Å²) in [5, 5.41) is 36.1. The van der Waals surface area contributed by atoms with Crippen LogP contribution in [-0.4, -0.2) is 32.0 Å². The van der Waals surface area contributed by atoms with Gasteiger partial charge in [0, 0.05) is 6.42 Å². The molecule has 0 saturated heterocycles. The summed E-state index contributed by atoms with van der Waals surface area (Å²) in [7, 11) is 0. The van der Waals surface area contributed by atoms with Gasteiger partial charge >= 0.3 is 5.97 Å². The predicted octanol–water partition coefficient (Wildman–Crippen LogP) is 0.881. The minimum Gasteiger partial charge on any atom is -0.513 e. The first-order valence-corrected chi connectivity index (χ1v) is 3.72. The van der Waals surface area contributed by atoms with Gasteiger partial charge in [0.05, 0.1) is 12.2 Å². The van der Waals surface area contributed by atoms with Gasteiger partial charge in [-0.1, -0.05) is 18.9 Å². The molecule has 0 aromatic heterocycles. The van der Waals surface area contributed by atoms with Crippen molar-refractivity contribution in [3.63, 3.8) is 0 Å². The standard InChI is InChI=1S/C9H12O5/c1-3-7(11)9(14,4-6(2)10)5-8(12)13/h10-11,14H,1-2,4-5H2,(H,12,13). The fourth-order valence-corrected chi connectivity index (χ4v) is 0.982. The molecule has 1 unspecified atom stereocenters. The molecule has 0 aliphatic rings. The Labute approximate surface area is 80.9 Å². The van der Waals surface area contributed by atoms with Gasteiger partial charge in [0.1, 0.15) is 5.60 Å². The lowest BCUT2D eigenvalue weighted by molar-refractivity contribution is -0.142. The number of rotatable bonds is 5. The Balaban J connectivity index is 4.93. The molecule has 0 spiro atoms. The topological polar surface area (TPSA) is 98.0 Å². The van der Waals surface area contributed by atoms with E-state index in [4.69, 9.17) is 15.3 Å². The summed E-state index contributed by atoms with van der Waals surface area (Å²) in [6.07, 6.45) is -1.24. The maximum atomic E-state index is 10.4. The van der Waals surface area contributed by atoms with E-state index in [0.29, 0.717) is 0 Å². The molecule has 0 heterocycles. The lowest BCUT2D eigenvalue weighted by atomic mass is 9.92. The van der Waals surface area contributed by atoms with E-state index in [1.54, 1.807) is 0 Å². The number of hydrogen-bond donors (Lipinski definition) is 4. The van der Waals surface area contributed by atoms with Crippen LogP contribution in [0.4, 0.5) is 0 Å². The van der Waals surface area contributed by atoms with Gasteiger partial charge in [0.25, 0.3) is 0 Å². The summed E-state index contributed by atoms with van der Waals surface area (Å²) in [6, 6.07) is 0. The summed E-state index contributed by atoms with van der Waals surface area (Å²) in [4.78, 5) is 10.4. The van der Waals surface area contributed by atoms with Crippen molar-refractivity contribution in [1.82, 2.24) is 0 Å². The Morgan fingerprint density at radius 1 is 1.29 bits per heavy atom. The van der Waals surface area contributed by atoms with Gasteiger partial charge in [-0.25, -0.2) is 0 Å². The van der Waals surface area contributed by atoms with Gasteiger partial charge in [-0.05, 0) is 0 Å². The molecule has 0 radical (unpaired) electrons. The lowest BCUT2D eigenvalue weighted by Crippen LogP contribution is -2.34. The largest absolute Gasteiger partial charge is 0.513 e. The molecule has 0 aliphatic heterocycles. The number of carboxylic acid groups (broad SMARTS) is 1. The molecule has 1 atom stereocenters. The molecule has 0 fully saturated rings. The zero-order chi connectivity index (χ0) is 11.4. The van der Waals surface area contributed by atoms with E-state index < -0.39 is 35.9 Å². The molecular formula is C9H12O5. The maximum absolute atomic E-state index is 10.4. The van der Waals surface area contributed by atoms with Crippen LogP contribution in [0.3, 0.4) is 0 Å². The predicted molar refractivity (Wildman–Crippen MR) is 48.9 cm³/mol. The smallest absolute Gasteiger partial charge is 0.306 e. The molecule has 0 bridgehead atoms. The third-order valence-corrected chi connectivity index (χ3v) is 1.55. The van der Waals surface area contributed by atoms with Gasteiger partial charge in [0.15, 0.2) is 5.76 Å². The summed E-state index contributed by atoms with van der Waals surface area (Å²) in [6.45, 7) is 6.16. The average molecular weight is 200 g/mol. The number of aliphatic hydroxyl groups excluding tert-OH is 2. The monoisotopic (exact) mass is 200 g/mol. The van der Waals surface area contributed by atoms with Crippen LogP contribution in [0, 0.1) is 0 Å². The molecule has 0 aromatic rings. The first kappa shape index (κ1) is 12.3. The van der Waals surface area contributed by atoms with Gasteiger partial charge in [-0.15, -0.1) is 0 Å². The van der Waals surface area contributed by atoms with Crippen LogP contribution in [0.2, 0.25) is 0 Å². The van der Waals surface area contributed by atoms with E-state index in [2.05, 4.69) is 13.2 Å². The Morgan fingerprint density at radius 3 is 2.07 bits per heavy atom. The summed E-state index contributed by atoms with van der Waals surface area (Å²) >= 11 is 0. The van der Waals surface area contributed by atoms with E-state index in [1.165, 1.54) is 0 Å². The van der Waals surface area contributed by atoms with Crippen molar-refractivity contribution in [2.75, 3.05) is 0 Å². The highest BCUT2D eigenvalue weighted by Crippen LogP contribution is 2.25. The fraction of sp³-hybridized carbons (Fsp3) is 0.333. The molecule has 0 saturated carbocycles. The fourth-order valence-electron chi connectivity index (χ4n) is 0.982. The number of aliphatic carboxylic acids is 1. The van der Waals surface area contributed by atoms with Crippen LogP contribution < -0.4 is 0 Å². The zero-order valence-electron chi connectivity index (χ0n) is 7.53. The van der Waals surface area contributed by atoms with E-state index in [1.807, 2.05) is 5.73 Å². The van der Waals surface area contributed by atoms with Crippen molar-refractivity contribution < 1.29 is 25.2 Å². The van der Waals surface area contributed by atoms with Crippen LogP contribution in [-0.2, 0) is 4.79 Å². The van der Waals surface area contributed by atoms with E-state index in [0.717, 1.165) is 0 Å². The SMILES string of the molecule is C=C=C(O)C(O)(CC(=C)O)CC(=O)O. The number of carbonyl (C=O) groups is 1. The van der Waals surface area contributed by atoms with Crippen molar-refractivity contribution in [1.29, 1.82) is 0 Å². The maximum Gasteiger partial charge on any atom is 0.306 e. The highest BCUT2D eigenvalue weighted by Gasteiger charge is 2.35. The molecule has 5 nitrogen and oxygen atoms in total. The van der Waals surface area contributed by atoms with Gasteiger partial charge < -0.3 is 20.4 Å². The van der Waals surface area contributed by atoms with Gasteiger partial charge in [-0.3, -0.25) is 4.79 Å². The first-order chi connectivity index (χ1) is 6.31. The third-order valence-electron chi connectivity index (χ3n) is 1.55. The highest BCUT2D eigenvalue weighted by molar-refractivity contribution is 5.68. The number of carboxylic acids is 1. The highest BCUT2D eigenvalue weighted by atomic mass is 16.4. The van der Waals surface area contributed by atoms with E-state index in [9.17, 15) is 9.90 Å². The minimum absolute atomic E-state index is 0.435. The Morgan fingerprint density at radius 2 is 1.79 bits per heavy atom. The van der Waals surface area contributed by atoms with Crippen LogP contribution in [0.25, 0.3) is 0 Å². The van der Waals surface area contributed by atoms with Crippen LogP contribution in [0.1, 0.15) is 12.8 Å². The second-order valence-corrected chi connectivity index (χ2v) is 2.87. The molecule has 14 heavy (non-hydrogen) atoms. The van der Waals surface area contributed by atoms with Gasteiger partial charge in [0.2, 0.25) is 0 Å². The van der Waals surface area contributed by atoms with Crippen molar-refractivity contribution >= 4 is 5.97 Å². The van der Waals surface area contributed by atoms with Crippen LogP contribution in [0.5, 0.6) is 0 Å². The second kappa shape index (κ2) is 4.50. The molecule has 78 valence electrons. The number of aliphatic hydroxyl groups is 3. The number of hydrogen-bond acceptors (Lipinski definition) is 4. The van der Waals surface area contributed by atoms with Gasteiger partial charge in [-0.2, -0.15) is 0 Å². The molecule has 5 heteroatoms. The molecular weight excluding hydrogens is 188 g/mol.